The largest absolute Gasteiger partial charge is 0.380 e. The summed E-state index contributed by atoms with van der Waals surface area (Å²) in [5, 5.41) is 9.96. The number of hydrogen-bond acceptors (Lipinski definition) is 5. The van der Waals surface area contributed by atoms with E-state index >= 15 is 0 Å². The molecule has 0 saturated carbocycles. The van der Waals surface area contributed by atoms with Crippen LogP contribution < -0.4 is 21.2 Å². The first kappa shape index (κ1) is 26.0. The van der Waals surface area contributed by atoms with E-state index in [1.807, 2.05) is 19.6 Å². The van der Waals surface area contributed by atoms with E-state index in [0.717, 1.165) is 11.8 Å². The summed E-state index contributed by atoms with van der Waals surface area (Å²) >= 11 is 0. The van der Waals surface area contributed by atoms with Gasteiger partial charge in [-0.15, -0.1) is 0 Å². The number of aromatic nitrogens is 2. The van der Waals surface area contributed by atoms with Gasteiger partial charge in [0.1, 0.15) is 18.4 Å². The zero-order valence-electron chi connectivity index (χ0n) is 20.2. The Balaban J connectivity index is 1.83. The molecule has 0 unspecified atom stereocenters. The summed E-state index contributed by atoms with van der Waals surface area (Å²) in [5.41, 5.74) is 1.47. The molecule has 0 saturated heterocycles. The number of carbonyl (C=O) groups excluding carboxylic acids is 2. The minimum atomic E-state index is -1.87. The van der Waals surface area contributed by atoms with Crippen LogP contribution in [0.25, 0.3) is 0 Å². The van der Waals surface area contributed by atoms with E-state index in [1.165, 1.54) is 23.0 Å². The lowest BCUT2D eigenvalue weighted by molar-refractivity contribution is -0.127. The van der Waals surface area contributed by atoms with Gasteiger partial charge in [0.2, 0.25) is 5.91 Å². The molecule has 0 radical (unpaired) electrons. The Kier molecular flexibility index (Phi) is 8.31. The van der Waals surface area contributed by atoms with Gasteiger partial charge in [0, 0.05) is 25.1 Å². The predicted octanol–water partition coefficient (Wildman–Crippen LogP) is 2.57. The average molecular weight is 497 g/mol. The average Bonchev–Trinajstić information content (AvgIpc) is 2.79. The van der Waals surface area contributed by atoms with E-state index in [9.17, 15) is 18.8 Å². The summed E-state index contributed by atoms with van der Waals surface area (Å²) in [6.45, 7) is 6.34. The lowest BCUT2D eigenvalue weighted by atomic mass is 10.0. The second kappa shape index (κ2) is 11.2. The molecular formula is C25H29FN4O4Si. The Morgan fingerprint density at radius 1 is 1.11 bits per heavy atom. The normalized spacial score (nSPS) is 12.1. The number of rotatable bonds is 9. The van der Waals surface area contributed by atoms with Crippen molar-refractivity contribution < 1.29 is 18.7 Å². The highest BCUT2D eigenvalue weighted by Crippen LogP contribution is 2.19. The Morgan fingerprint density at radius 2 is 1.83 bits per heavy atom. The molecule has 2 N–H and O–H groups in total. The minimum absolute atomic E-state index is 0.189. The van der Waals surface area contributed by atoms with Crippen LogP contribution in [0.2, 0.25) is 19.6 Å². The third kappa shape index (κ3) is 7.17. The van der Waals surface area contributed by atoms with Crippen LogP contribution in [0.15, 0.2) is 65.7 Å². The van der Waals surface area contributed by atoms with Crippen LogP contribution in [-0.2, 0) is 27.5 Å². The second-order valence-electron chi connectivity index (χ2n) is 9.17. The monoisotopic (exact) mass is 496 g/mol. The van der Waals surface area contributed by atoms with Crippen molar-refractivity contribution in [2.75, 3.05) is 12.4 Å². The Labute approximate surface area is 204 Å². The van der Waals surface area contributed by atoms with Crippen molar-refractivity contribution in [2.24, 2.45) is 0 Å². The third-order valence-electron chi connectivity index (χ3n) is 5.29. The molecule has 2 amide bonds. The molecule has 0 spiro atoms. The van der Waals surface area contributed by atoms with Crippen LogP contribution in [0.5, 0.6) is 0 Å². The summed E-state index contributed by atoms with van der Waals surface area (Å²) in [6.07, 6.45) is 2.49. The van der Waals surface area contributed by atoms with Crippen molar-refractivity contribution in [3.63, 3.8) is 0 Å². The fourth-order valence-corrected chi connectivity index (χ4v) is 4.88. The van der Waals surface area contributed by atoms with Gasteiger partial charge >= 0.3 is 0 Å². The lowest BCUT2D eigenvalue weighted by Gasteiger charge is -2.21. The number of nitrogens with one attached hydrogen (secondary N) is 2. The Bertz CT molecular complexity index is 1240. The van der Waals surface area contributed by atoms with Crippen molar-refractivity contribution in [3.8, 4) is 0 Å². The highest BCUT2D eigenvalue weighted by molar-refractivity contribution is 6.88. The molecular weight excluding hydrogens is 467 g/mol. The number of halogens is 1. The van der Waals surface area contributed by atoms with Crippen molar-refractivity contribution in [3.05, 3.63) is 88.1 Å². The molecule has 35 heavy (non-hydrogen) atoms. The second-order valence-corrected chi connectivity index (χ2v) is 14.2. The number of carbonyl (C=O) groups is 2. The molecule has 0 bridgehead atoms. The quantitative estimate of drug-likeness (QED) is 0.444. The number of benzene rings is 2. The SMILES string of the molecule is COCc1ccc([C@@H](NC(=O)Cn2ccc(=O)cn2)C(=O)Nc2ccc([Si](C)(C)C)c(F)c2)cc1. The molecule has 1 heterocycles. The van der Waals surface area contributed by atoms with E-state index in [2.05, 4.69) is 15.7 Å². The summed E-state index contributed by atoms with van der Waals surface area (Å²) in [5.74, 6) is -1.37. The minimum Gasteiger partial charge on any atom is -0.380 e. The van der Waals surface area contributed by atoms with E-state index in [4.69, 9.17) is 4.74 Å². The van der Waals surface area contributed by atoms with E-state index in [0.29, 0.717) is 23.0 Å². The molecule has 1 aromatic heterocycles. The van der Waals surface area contributed by atoms with Gasteiger partial charge in [0.05, 0.1) is 20.9 Å². The Morgan fingerprint density at radius 3 is 2.40 bits per heavy atom. The molecule has 0 aliphatic rings. The van der Waals surface area contributed by atoms with Crippen LogP contribution in [0.1, 0.15) is 17.2 Å². The van der Waals surface area contributed by atoms with Gasteiger partial charge in [-0.3, -0.25) is 19.1 Å². The number of hydrogen-bond donors (Lipinski definition) is 2. The first-order valence-corrected chi connectivity index (χ1v) is 14.6. The number of anilines is 1. The van der Waals surface area contributed by atoms with Gasteiger partial charge in [-0.2, -0.15) is 5.10 Å². The maximum atomic E-state index is 14.7. The molecule has 0 fully saturated rings. The molecule has 2 aromatic carbocycles. The maximum absolute atomic E-state index is 14.7. The van der Waals surface area contributed by atoms with E-state index in [1.54, 1.807) is 43.5 Å². The van der Waals surface area contributed by atoms with Crippen molar-refractivity contribution in [2.45, 2.75) is 38.8 Å². The summed E-state index contributed by atoms with van der Waals surface area (Å²) in [6, 6.07) is 12.0. The molecule has 3 rings (SSSR count). The van der Waals surface area contributed by atoms with Crippen LogP contribution in [0, 0.1) is 5.82 Å². The molecule has 3 aromatic rings. The molecule has 0 aliphatic heterocycles. The Hall–Kier alpha value is -3.63. The van der Waals surface area contributed by atoms with Gasteiger partial charge < -0.3 is 15.4 Å². The standard InChI is InChI=1S/C25H29FN4O4Si/c1-34-16-17-5-7-18(8-6-17)24(29-23(32)15-30-12-11-20(31)14-27-30)25(33)28-19-9-10-22(21(26)13-19)35(2,3)4/h5-14,24H,15-16H2,1-4H3,(H,28,33)(H,29,32)/t24-/m1/s1. The van der Waals surface area contributed by atoms with Gasteiger partial charge in [0.25, 0.3) is 5.91 Å². The van der Waals surface area contributed by atoms with Gasteiger partial charge in [-0.1, -0.05) is 50.0 Å². The fraction of sp³-hybridized carbons (Fsp3) is 0.280. The smallest absolute Gasteiger partial charge is 0.251 e. The maximum Gasteiger partial charge on any atom is 0.251 e. The molecule has 184 valence electrons. The number of nitrogens with zero attached hydrogens (tertiary/aromatic N) is 2. The summed E-state index contributed by atoms with van der Waals surface area (Å²) in [4.78, 5) is 37.2. The summed E-state index contributed by atoms with van der Waals surface area (Å²) in [7, 11) is -0.288. The lowest BCUT2D eigenvalue weighted by Crippen LogP contribution is -2.40. The van der Waals surface area contributed by atoms with E-state index in [-0.39, 0.29) is 17.8 Å². The third-order valence-corrected chi connectivity index (χ3v) is 7.31. The zero-order valence-corrected chi connectivity index (χ0v) is 21.2. The van der Waals surface area contributed by atoms with Gasteiger partial charge in [-0.05, 0) is 28.4 Å². The van der Waals surface area contributed by atoms with E-state index < -0.39 is 25.9 Å². The number of ether oxygens (including phenoxy) is 1. The van der Waals surface area contributed by atoms with Crippen LogP contribution in [0.3, 0.4) is 0 Å². The van der Waals surface area contributed by atoms with Crippen LogP contribution in [0.4, 0.5) is 10.1 Å². The summed E-state index contributed by atoms with van der Waals surface area (Å²) < 4.78 is 21.1. The van der Waals surface area contributed by atoms with Gasteiger partial charge in [-0.25, -0.2) is 4.39 Å². The van der Waals surface area contributed by atoms with Crippen molar-refractivity contribution >= 4 is 30.8 Å². The topological polar surface area (TPSA) is 102 Å². The zero-order chi connectivity index (χ0) is 25.6. The van der Waals surface area contributed by atoms with Crippen molar-refractivity contribution in [1.82, 2.24) is 15.1 Å². The number of amides is 2. The van der Waals surface area contributed by atoms with Crippen molar-refractivity contribution in [1.29, 1.82) is 0 Å². The van der Waals surface area contributed by atoms with Gasteiger partial charge in [0.15, 0.2) is 5.43 Å². The first-order valence-electron chi connectivity index (χ1n) is 11.1. The number of methoxy groups -OCH3 is 1. The highest BCUT2D eigenvalue weighted by atomic mass is 28.3. The molecule has 10 heteroatoms. The molecule has 0 aliphatic carbocycles. The van der Waals surface area contributed by atoms with Crippen LogP contribution in [-0.4, -0.2) is 36.8 Å². The molecule has 1 atom stereocenters. The first-order chi connectivity index (χ1) is 16.6. The molecule has 8 nitrogen and oxygen atoms in total. The predicted molar refractivity (Wildman–Crippen MR) is 135 cm³/mol. The van der Waals surface area contributed by atoms with Crippen LogP contribution >= 0.6 is 0 Å². The highest BCUT2D eigenvalue weighted by Gasteiger charge is 2.25. The fourth-order valence-electron chi connectivity index (χ4n) is 3.51.